The summed E-state index contributed by atoms with van der Waals surface area (Å²) in [4.78, 5) is 11.3. The summed E-state index contributed by atoms with van der Waals surface area (Å²) in [7, 11) is -3.73. The van der Waals surface area contributed by atoms with Gasteiger partial charge in [0.05, 0.1) is 11.7 Å². The van der Waals surface area contributed by atoms with Crippen LogP contribution in [0.1, 0.15) is 13.3 Å². The van der Waals surface area contributed by atoms with Crippen molar-refractivity contribution in [2.45, 2.75) is 24.6 Å². The number of sulfone groups is 1. The molecule has 0 saturated heterocycles. The zero-order chi connectivity index (χ0) is 15.8. The van der Waals surface area contributed by atoms with E-state index in [1.807, 2.05) is 18.2 Å². The first-order chi connectivity index (χ1) is 9.65. The van der Waals surface area contributed by atoms with Crippen LogP contribution in [0.3, 0.4) is 0 Å². The normalized spacial score (nSPS) is 15.0. The Hall–Kier alpha value is -1.41. The molecule has 2 rings (SSSR count). The summed E-state index contributed by atoms with van der Waals surface area (Å²) in [6, 6.07) is 5.60. The van der Waals surface area contributed by atoms with Crippen LogP contribution in [0.25, 0.3) is 10.9 Å². The van der Waals surface area contributed by atoms with E-state index in [1.165, 1.54) is 6.92 Å². The SMILES string of the molecule is CC(CCn1ncc2cc(Br)ccc21)(C(=O)O)S(C)(=O)=O. The van der Waals surface area contributed by atoms with Crippen molar-refractivity contribution in [3.8, 4) is 0 Å². The van der Waals surface area contributed by atoms with Gasteiger partial charge in [-0.2, -0.15) is 5.10 Å². The molecule has 0 spiro atoms. The molecule has 1 N–H and O–H groups in total. The maximum Gasteiger partial charge on any atom is 0.324 e. The topological polar surface area (TPSA) is 89.3 Å². The second kappa shape index (κ2) is 5.42. The van der Waals surface area contributed by atoms with Crippen LogP contribution < -0.4 is 0 Å². The molecule has 1 aromatic heterocycles. The molecule has 2 aromatic rings. The van der Waals surface area contributed by atoms with Gasteiger partial charge in [-0.15, -0.1) is 0 Å². The highest BCUT2D eigenvalue weighted by molar-refractivity contribution is 9.10. The van der Waals surface area contributed by atoms with Crippen LogP contribution in [0, 0.1) is 0 Å². The fourth-order valence-corrected chi connectivity index (χ4v) is 3.16. The van der Waals surface area contributed by atoms with Gasteiger partial charge in [0, 0.05) is 22.7 Å². The second-order valence-corrected chi connectivity index (χ2v) is 8.49. The highest BCUT2D eigenvalue weighted by Crippen LogP contribution is 2.24. The summed E-state index contributed by atoms with van der Waals surface area (Å²) in [5.74, 6) is -1.34. The third-order valence-corrected chi connectivity index (χ3v) is 6.18. The van der Waals surface area contributed by atoms with Gasteiger partial charge >= 0.3 is 5.97 Å². The first kappa shape index (κ1) is 16.0. The zero-order valence-electron chi connectivity index (χ0n) is 11.6. The van der Waals surface area contributed by atoms with Crippen LogP contribution in [0.2, 0.25) is 0 Å². The number of aliphatic carboxylic acids is 1. The van der Waals surface area contributed by atoms with Gasteiger partial charge < -0.3 is 5.11 Å². The van der Waals surface area contributed by atoms with E-state index in [2.05, 4.69) is 21.0 Å². The number of fused-ring (bicyclic) bond motifs is 1. The van der Waals surface area contributed by atoms with Crippen LogP contribution in [0.5, 0.6) is 0 Å². The van der Waals surface area contributed by atoms with Crippen LogP contribution in [-0.2, 0) is 21.2 Å². The van der Waals surface area contributed by atoms with Crippen molar-refractivity contribution in [3.63, 3.8) is 0 Å². The van der Waals surface area contributed by atoms with Gasteiger partial charge in [0.25, 0.3) is 0 Å². The van der Waals surface area contributed by atoms with Gasteiger partial charge in [-0.3, -0.25) is 9.48 Å². The van der Waals surface area contributed by atoms with Crippen molar-refractivity contribution < 1.29 is 18.3 Å². The van der Waals surface area contributed by atoms with Crippen molar-refractivity contribution in [1.82, 2.24) is 9.78 Å². The minimum Gasteiger partial charge on any atom is -0.480 e. The summed E-state index contributed by atoms with van der Waals surface area (Å²) in [6.07, 6.45) is 2.56. The third-order valence-electron chi connectivity index (χ3n) is 3.68. The van der Waals surface area contributed by atoms with Gasteiger partial charge in [0.1, 0.15) is 0 Å². The number of carboxylic acids is 1. The molecule has 0 bridgehead atoms. The fourth-order valence-electron chi connectivity index (χ4n) is 2.01. The largest absolute Gasteiger partial charge is 0.480 e. The molecule has 1 aromatic carbocycles. The van der Waals surface area contributed by atoms with Gasteiger partial charge in [-0.25, -0.2) is 8.42 Å². The molecule has 0 aliphatic rings. The molecule has 8 heteroatoms. The first-order valence-electron chi connectivity index (χ1n) is 6.19. The van der Waals surface area contributed by atoms with E-state index in [0.717, 1.165) is 21.6 Å². The Bertz CT molecular complexity index is 800. The molecule has 21 heavy (non-hydrogen) atoms. The van der Waals surface area contributed by atoms with E-state index in [-0.39, 0.29) is 13.0 Å². The molecule has 1 heterocycles. The molecule has 0 aliphatic heterocycles. The Kier molecular flexibility index (Phi) is 4.12. The Morgan fingerprint density at radius 2 is 2.14 bits per heavy atom. The number of carboxylic acid groups (broad SMARTS) is 1. The van der Waals surface area contributed by atoms with Crippen LogP contribution >= 0.6 is 15.9 Å². The number of rotatable bonds is 5. The lowest BCUT2D eigenvalue weighted by Gasteiger charge is -2.22. The lowest BCUT2D eigenvalue weighted by atomic mass is 10.1. The Labute approximate surface area is 130 Å². The minimum atomic E-state index is -3.73. The third kappa shape index (κ3) is 2.96. The predicted octanol–water partition coefficient (Wildman–Crippen LogP) is 2.08. The van der Waals surface area contributed by atoms with Crippen LogP contribution in [-0.4, -0.2) is 40.3 Å². The van der Waals surface area contributed by atoms with E-state index in [0.29, 0.717) is 0 Å². The van der Waals surface area contributed by atoms with E-state index in [1.54, 1.807) is 10.9 Å². The lowest BCUT2D eigenvalue weighted by molar-refractivity contribution is -0.139. The lowest BCUT2D eigenvalue weighted by Crippen LogP contribution is -2.43. The average Bonchev–Trinajstić information content (AvgIpc) is 2.76. The molecule has 114 valence electrons. The molecule has 0 aliphatic carbocycles. The zero-order valence-corrected chi connectivity index (χ0v) is 14.0. The van der Waals surface area contributed by atoms with Gasteiger partial charge in [0.2, 0.25) is 0 Å². The Morgan fingerprint density at radius 1 is 1.48 bits per heavy atom. The van der Waals surface area contributed by atoms with E-state index < -0.39 is 20.6 Å². The number of hydrogen-bond donors (Lipinski definition) is 1. The quantitative estimate of drug-likeness (QED) is 0.864. The second-order valence-electron chi connectivity index (χ2n) is 5.13. The Balaban J connectivity index is 2.31. The fraction of sp³-hybridized carbons (Fsp3) is 0.385. The van der Waals surface area contributed by atoms with E-state index >= 15 is 0 Å². The summed E-state index contributed by atoms with van der Waals surface area (Å²) < 4.78 is 24.2. The highest BCUT2D eigenvalue weighted by atomic mass is 79.9. The molecule has 0 amide bonds. The first-order valence-corrected chi connectivity index (χ1v) is 8.88. The molecule has 0 radical (unpaired) electrons. The van der Waals surface area contributed by atoms with Crippen LogP contribution in [0.15, 0.2) is 28.9 Å². The van der Waals surface area contributed by atoms with Crippen molar-refractivity contribution in [1.29, 1.82) is 0 Å². The van der Waals surface area contributed by atoms with Crippen molar-refractivity contribution >= 4 is 42.6 Å². The smallest absolute Gasteiger partial charge is 0.324 e. The Morgan fingerprint density at radius 3 is 2.71 bits per heavy atom. The summed E-state index contributed by atoms with van der Waals surface area (Å²) in [5.41, 5.74) is 0.833. The molecule has 1 unspecified atom stereocenters. The number of benzene rings is 1. The highest BCUT2D eigenvalue weighted by Gasteiger charge is 2.43. The van der Waals surface area contributed by atoms with Crippen molar-refractivity contribution in [2.75, 3.05) is 6.26 Å². The van der Waals surface area contributed by atoms with Gasteiger partial charge in [-0.1, -0.05) is 15.9 Å². The molecule has 6 nitrogen and oxygen atoms in total. The monoisotopic (exact) mass is 374 g/mol. The standard InChI is InChI=1S/C13H15BrN2O4S/c1-13(12(17)18,21(2,19)20)5-6-16-11-4-3-10(14)7-9(11)8-15-16/h3-4,7-8H,5-6H2,1-2H3,(H,17,18). The summed E-state index contributed by atoms with van der Waals surface area (Å²) in [6.45, 7) is 1.44. The van der Waals surface area contributed by atoms with Crippen LogP contribution in [0.4, 0.5) is 0 Å². The number of carbonyl (C=O) groups is 1. The van der Waals surface area contributed by atoms with Crippen molar-refractivity contribution in [2.24, 2.45) is 0 Å². The molecule has 0 fully saturated rings. The molecular weight excluding hydrogens is 360 g/mol. The summed E-state index contributed by atoms with van der Waals surface area (Å²) in [5, 5.41) is 14.3. The minimum absolute atomic E-state index is 0.0476. The number of halogens is 1. The molecule has 1 atom stereocenters. The predicted molar refractivity (Wildman–Crippen MR) is 82.9 cm³/mol. The molecule has 0 saturated carbocycles. The average molecular weight is 375 g/mol. The summed E-state index contributed by atoms with van der Waals surface area (Å²) >= 11 is 3.36. The number of aryl methyl sites for hydroxylation is 1. The van der Waals surface area contributed by atoms with E-state index in [4.69, 9.17) is 0 Å². The maximum absolute atomic E-state index is 11.7. The number of aromatic nitrogens is 2. The van der Waals surface area contributed by atoms with Crippen molar-refractivity contribution in [3.05, 3.63) is 28.9 Å². The van der Waals surface area contributed by atoms with E-state index in [9.17, 15) is 18.3 Å². The number of nitrogens with zero attached hydrogens (tertiary/aromatic N) is 2. The molecular formula is C13H15BrN2O4S. The van der Waals surface area contributed by atoms with Gasteiger partial charge in [-0.05, 0) is 31.5 Å². The van der Waals surface area contributed by atoms with Gasteiger partial charge in [0.15, 0.2) is 14.6 Å². The number of hydrogen-bond acceptors (Lipinski definition) is 4. The maximum atomic E-state index is 11.7.